The van der Waals surface area contributed by atoms with E-state index in [9.17, 15) is 9.59 Å². The summed E-state index contributed by atoms with van der Waals surface area (Å²) in [4.78, 5) is 28.1. The summed E-state index contributed by atoms with van der Waals surface area (Å²) in [6.07, 6.45) is 0. The first-order valence-corrected chi connectivity index (χ1v) is 6.64. The SMILES string of the molecule is COc1[nH]n2c(=O)cc(-c3ccc(Cl)cc3)nc2c1C(N)=O. The first-order valence-electron chi connectivity index (χ1n) is 6.27. The van der Waals surface area contributed by atoms with E-state index in [2.05, 4.69) is 10.1 Å². The summed E-state index contributed by atoms with van der Waals surface area (Å²) >= 11 is 5.85. The Morgan fingerprint density at radius 2 is 2.05 bits per heavy atom. The number of carbonyl (C=O) groups excluding carboxylic acids is 1. The maximum atomic E-state index is 12.2. The number of nitrogens with zero attached hydrogens (tertiary/aromatic N) is 2. The Hall–Kier alpha value is -2.80. The third kappa shape index (κ3) is 2.21. The normalized spacial score (nSPS) is 10.8. The summed E-state index contributed by atoms with van der Waals surface area (Å²) in [5.74, 6) is -0.652. The lowest BCUT2D eigenvalue weighted by atomic mass is 10.1. The van der Waals surface area contributed by atoms with Crippen LogP contribution in [0.25, 0.3) is 16.9 Å². The van der Waals surface area contributed by atoms with Gasteiger partial charge in [0.25, 0.3) is 11.5 Å². The smallest absolute Gasteiger partial charge is 0.273 e. The van der Waals surface area contributed by atoms with E-state index in [4.69, 9.17) is 22.1 Å². The number of H-pyrrole nitrogens is 1. The summed E-state index contributed by atoms with van der Waals surface area (Å²) in [6, 6.07) is 8.18. The number of nitrogens with one attached hydrogen (secondary N) is 1. The second kappa shape index (κ2) is 5.19. The summed E-state index contributed by atoms with van der Waals surface area (Å²) in [5.41, 5.74) is 6.20. The molecule has 0 saturated heterocycles. The number of fused-ring (bicyclic) bond motifs is 1. The van der Waals surface area contributed by atoms with E-state index in [-0.39, 0.29) is 22.6 Å². The average molecular weight is 319 g/mol. The van der Waals surface area contributed by atoms with Crippen molar-refractivity contribution >= 4 is 23.2 Å². The minimum absolute atomic E-state index is 0.0235. The Balaban J connectivity index is 2.31. The third-order valence-electron chi connectivity index (χ3n) is 3.17. The second-order valence-electron chi connectivity index (χ2n) is 4.53. The number of halogens is 1. The van der Waals surface area contributed by atoms with Crippen LogP contribution in [-0.2, 0) is 0 Å². The van der Waals surface area contributed by atoms with Crippen molar-refractivity contribution in [1.82, 2.24) is 14.6 Å². The van der Waals surface area contributed by atoms with Crippen molar-refractivity contribution in [3.63, 3.8) is 0 Å². The summed E-state index contributed by atoms with van der Waals surface area (Å²) in [6.45, 7) is 0. The third-order valence-corrected chi connectivity index (χ3v) is 3.43. The van der Waals surface area contributed by atoms with Crippen LogP contribution in [-0.4, -0.2) is 27.6 Å². The molecule has 0 fully saturated rings. The van der Waals surface area contributed by atoms with Crippen LogP contribution in [0.15, 0.2) is 35.1 Å². The Kier molecular flexibility index (Phi) is 3.34. The second-order valence-corrected chi connectivity index (χ2v) is 4.97. The molecule has 112 valence electrons. The molecule has 0 unspecified atom stereocenters. The molecule has 7 nitrogen and oxygen atoms in total. The number of aromatic amines is 1. The highest BCUT2D eigenvalue weighted by Crippen LogP contribution is 2.23. The van der Waals surface area contributed by atoms with Crippen LogP contribution in [0.4, 0.5) is 0 Å². The fraction of sp³-hybridized carbons (Fsp3) is 0.0714. The largest absolute Gasteiger partial charge is 0.481 e. The fourth-order valence-corrected chi connectivity index (χ4v) is 2.28. The van der Waals surface area contributed by atoms with E-state index in [1.807, 2.05) is 0 Å². The number of methoxy groups -OCH3 is 1. The van der Waals surface area contributed by atoms with Crippen molar-refractivity contribution < 1.29 is 9.53 Å². The van der Waals surface area contributed by atoms with Gasteiger partial charge in [-0.05, 0) is 12.1 Å². The average Bonchev–Trinajstić information content (AvgIpc) is 2.87. The molecule has 1 aromatic carbocycles. The number of benzene rings is 1. The van der Waals surface area contributed by atoms with Crippen LogP contribution in [0.3, 0.4) is 0 Å². The van der Waals surface area contributed by atoms with Crippen molar-refractivity contribution in [3.8, 4) is 17.1 Å². The van der Waals surface area contributed by atoms with Gasteiger partial charge in [-0.1, -0.05) is 23.7 Å². The zero-order chi connectivity index (χ0) is 15.9. The molecule has 0 spiro atoms. The van der Waals surface area contributed by atoms with Crippen molar-refractivity contribution in [2.45, 2.75) is 0 Å². The number of aromatic nitrogens is 3. The van der Waals surface area contributed by atoms with Gasteiger partial charge in [0.05, 0.1) is 12.8 Å². The first-order chi connectivity index (χ1) is 10.5. The number of primary amides is 1. The summed E-state index contributed by atoms with van der Waals surface area (Å²) < 4.78 is 6.14. The Morgan fingerprint density at radius 1 is 1.36 bits per heavy atom. The van der Waals surface area contributed by atoms with Crippen molar-refractivity contribution in [2.75, 3.05) is 7.11 Å². The quantitative estimate of drug-likeness (QED) is 0.763. The van der Waals surface area contributed by atoms with Gasteiger partial charge in [0, 0.05) is 16.7 Å². The van der Waals surface area contributed by atoms with Crippen LogP contribution in [0.5, 0.6) is 5.88 Å². The molecular weight excluding hydrogens is 308 g/mol. The lowest BCUT2D eigenvalue weighted by Gasteiger charge is -2.02. The highest BCUT2D eigenvalue weighted by molar-refractivity contribution is 6.30. The van der Waals surface area contributed by atoms with E-state index >= 15 is 0 Å². The van der Waals surface area contributed by atoms with Gasteiger partial charge in [-0.3, -0.25) is 14.7 Å². The molecular formula is C14H11ClN4O3. The molecule has 0 atom stereocenters. The van der Waals surface area contributed by atoms with Crippen LogP contribution in [0.2, 0.25) is 5.02 Å². The molecule has 8 heteroatoms. The van der Waals surface area contributed by atoms with E-state index in [0.717, 1.165) is 4.52 Å². The number of ether oxygens (including phenoxy) is 1. The van der Waals surface area contributed by atoms with Crippen molar-refractivity contribution in [3.05, 3.63) is 51.3 Å². The monoisotopic (exact) mass is 318 g/mol. The Bertz CT molecular complexity index is 928. The predicted octanol–water partition coefficient (Wildman–Crippen LogP) is 1.45. The van der Waals surface area contributed by atoms with Gasteiger partial charge >= 0.3 is 0 Å². The number of hydrogen-bond acceptors (Lipinski definition) is 4. The van der Waals surface area contributed by atoms with Gasteiger partial charge in [-0.15, -0.1) is 0 Å². The summed E-state index contributed by atoms with van der Waals surface area (Å²) in [5, 5.41) is 3.22. The molecule has 2 heterocycles. The molecule has 3 N–H and O–H groups in total. The highest BCUT2D eigenvalue weighted by Gasteiger charge is 2.20. The van der Waals surface area contributed by atoms with E-state index in [1.165, 1.54) is 13.2 Å². The van der Waals surface area contributed by atoms with Crippen LogP contribution < -0.4 is 16.0 Å². The molecule has 2 aromatic heterocycles. The van der Waals surface area contributed by atoms with E-state index in [1.54, 1.807) is 24.3 Å². The standard InChI is InChI=1S/C14H11ClN4O3/c1-22-14-11(12(16)21)13-17-9(6-10(20)19(13)18-14)7-2-4-8(15)5-3-7/h2-6,18H,1H3,(H2,16,21). The van der Waals surface area contributed by atoms with E-state index < -0.39 is 5.91 Å². The molecule has 0 bridgehead atoms. The molecule has 0 aliphatic carbocycles. The zero-order valence-electron chi connectivity index (χ0n) is 11.5. The molecule has 0 radical (unpaired) electrons. The van der Waals surface area contributed by atoms with Gasteiger partial charge < -0.3 is 10.5 Å². The number of carbonyl (C=O) groups is 1. The van der Waals surface area contributed by atoms with Crippen LogP contribution in [0.1, 0.15) is 10.4 Å². The molecule has 3 aromatic rings. The topological polar surface area (TPSA) is 102 Å². The number of rotatable bonds is 3. The molecule has 22 heavy (non-hydrogen) atoms. The van der Waals surface area contributed by atoms with Gasteiger partial charge in [-0.2, -0.15) is 4.52 Å². The van der Waals surface area contributed by atoms with Gasteiger partial charge in [0.15, 0.2) is 5.65 Å². The first kappa shape index (κ1) is 14.2. The molecule has 3 rings (SSSR count). The molecule has 1 amide bonds. The van der Waals surface area contributed by atoms with Gasteiger partial charge in [-0.25, -0.2) is 4.98 Å². The maximum absolute atomic E-state index is 12.2. The van der Waals surface area contributed by atoms with Crippen molar-refractivity contribution in [2.24, 2.45) is 5.73 Å². The predicted molar refractivity (Wildman–Crippen MR) is 81.3 cm³/mol. The van der Waals surface area contributed by atoms with Crippen LogP contribution >= 0.6 is 11.6 Å². The maximum Gasteiger partial charge on any atom is 0.273 e. The summed E-state index contributed by atoms with van der Waals surface area (Å²) in [7, 11) is 1.36. The number of amides is 1. The lowest BCUT2D eigenvalue weighted by molar-refractivity contribution is 0.0999. The Morgan fingerprint density at radius 3 is 2.64 bits per heavy atom. The van der Waals surface area contributed by atoms with E-state index in [0.29, 0.717) is 16.3 Å². The highest BCUT2D eigenvalue weighted by atomic mass is 35.5. The molecule has 0 aliphatic rings. The molecule has 0 saturated carbocycles. The number of nitrogens with two attached hydrogens (primary N) is 1. The minimum Gasteiger partial charge on any atom is -0.481 e. The lowest BCUT2D eigenvalue weighted by Crippen LogP contribution is -2.16. The van der Waals surface area contributed by atoms with Gasteiger partial charge in [0.2, 0.25) is 5.88 Å². The number of hydrogen-bond donors (Lipinski definition) is 2. The van der Waals surface area contributed by atoms with Gasteiger partial charge in [0.1, 0.15) is 5.56 Å². The fourth-order valence-electron chi connectivity index (χ4n) is 2.16. The van der Waals surface area contributed by atoms with Crippen LogP contribution in [0, 0.1) is 0 Å². The van der Waals surface area contributed by atoms with Crippen molar-refractivity contribution in [1.29, 1.82) is 0 Å². The molecule has 0 aliphatic heterocycles. The minimum atomic E-state index is -0.740. The Labute approximate surface area is 129 Å². The zero-order valence-corrected chi connectivity index (χ0v) is 12.2.